The van der Waals surface area contributed by atoms with Gasteiger partial charge in [-0.25, -0.2) is 4.68 Å². The first kappa shape index (κ1) is 20.2. The second-order valence-electron chi connectivity index (χ2n) is 5.90. The standard InChI is InChI=1S/C16H17F3N4O2.ClH/c17-16(18,19)13-5-8-21-23(13)12-3-1-11(2-4-12)22-14(24)15(20)6-9-25-10-7-15;/h1-5,8H,6-7,9-10,20H2,(H,22,24);1H. The zero-order valence-corrected chi connectivity index (χ0v) is 14.4. The highest BCUT2D eigenvalue weighted by atomic mass is 35.5. The molecule has 0 saturated carbocycles. The molecule has 3 N–H and O–H groups in total. The minimum atomic E-state index is -4.50. The first-order chi connectivity index (χ1) is 11.8. The Morgan fingerprint density at radius 3 is 2.38 bits per heavy atom. The third kappa shape index (κ3) is 4.17. The Labute approximate surface area is 153 Å². The van der Waals surface area contributed by atoms with Gasteiger partial charge in [0.25, 0.3) is 0 Å². The summed E-state index contributed by atoms with van der Waals surface area (Å²) < 4.78 is 44.8. The fraction of sp³-hybridized carbons (Fsp3) is 0.375. The van der Waals surface area contributed by atoms with Crippen LogP contribution >= 0.6 is 12.4 Å². The fourth-order valence-electron chi connectivity index (χ4n) is 2.63. The van der Waals surface area contributed by atoms with Gasteiger partial charge in [-0.2, -0.15) is 18.3 Å². The first-order valence-electron chi connectivity index (χ1n) is 7.69. The van der Waals surface area contributed by atoms with E-state index in [0.29, 0.717) is 31.7 Å². The normalized spacial score (nSPS) is 16.6. The summed E-state index contributed by atoms with van der Waals surface area (Å²) in [5, 5.41) is 6.40. The van der Waals surface area contributed by atoms with Crippen LogP contribution in [0.25, 0.3) is 5.69 Å². The predicted molar refractivity (Wildman–Crippen MR) is 91.4 cm³/mol. The molecule has 0 spiro atoms. The summed E-state index contributed by atoms with van der Waals surface area (Å²) in [6.45, 7) is 0.838. The molecular formula is C16H18ClF3N4O2. The average molecular weight is 391 g/mol. The number of hydrogen-bond donors (Lipinski definition) is 2. The molecule has 1 aromatic heterocycles. The highest BCUT2D eigenvalue weighted by Crippen LogP contribution is 2.30. The number of nitrogens with one attached hydrogen (secondary N) is 1. The zero-order chi connectivity index (χ0) is 18.1. The predicted octanol–water partition coefficient (Wildman–Crippen LogP) is 2.76. The molecule has 0 unspecified atom stereocenters. The molecule has 26 heavy (non-hydrogen) atoms. The van der Waals surface area contributed by atoms with Crippen molar-refractivity contribution in [2.75, 3.05) is 18.5 Å². The highest BCUT2D eigenvalue weighted by molar-refractivity contribution is 5.98. The molecule has 1 saturated heterocycles. The molecule has 1 amide bonds. The lowest BCUT2D eigenvalue weighted by Gasteiger charge is -2.31. The fourth-order valence-corrected chi connectivity index (χ4v) is 2.63. The van der Waals surface area contributed by atoms with Gasteiger partial charge < -0.3 is 15.8 Å². The van der Waals surface area contributed by atoms with Crippen LogP contribution in [0.3, 0.4) is 0 Å². The number of aromatic nitrogens is 2. The molecule has 0 radical (unpaired) electrons. The van der Waals surface area contributed by atoms with E-state index in [9.17, 15) is 18.0 Å². The number of carbonyl (C=O) groups excluding carboxylic acids is 1. The molecule has 1 aromatic carbocycles. The van der Waals surface area contributed by atoms with Crippen molar-refractivity contribution in [2.24, 2.45) is 5.73 Å². The van der Waals surface area contributed by atoms with Crippen molar-refractivity contribution in [1.82, 2.24) is 9.78 Å². The lowest BCUT2D eigenvalue weighted by molar-refractivity contribution is -0.142. The minimum absolute atomic E-state index is 0. The quantitative estimate of drug-likeness (QED) is 0.844. The Morgan fingerprint density at radius 1 is 1.19 bits per heavy atom. The lowest BCUT2D eigenvalue weighted by atomic mass is 9.90. The summed E-state index contributed by atoms with van der Waals surface area (Å²) in [7, 11) is 0. The van der Waals surface area contributed by atoms with Crippen LogP contribution in [0.1, 0.15) is 18.5 Å². The van der Waals surface area contributed by atoms with Gasteiger partial charge in [0.05, 0.1) is 11.9 Å². The number of carbonyl (C=O) groups is 1. The molecule has 0 aliphatic carbocycles. The van der Waals surface area contributed by atoms with Gasteiger partial charge in [0.15, 0.2) is 0 Å². The van der Waals surface area contributed by atoms with Gasteiger partial charge in [-0.3, -0.25) is 4.79 Å². The number of hydrogen-bond acceptors (Lipinski definition) is 4. The molecule has 1 aliphatic rings. The van der Waals surface area contributed by atoms with Crippen molar-refractivity contribution in [3.8, 4) is 5.69 Å². The zero-order valence-electron chi connectivity index (χ0n) is 13.6. The van der Waals surface area contributed by atoms with Gasteiger partial charge >= 0.3 is 6.18 Å². The van der Waals surface area contributed by atoms with E-state index < -0.39 is 17.4 Å². The van der Waals surface area contributed by atoms with Crippen LogP contribution < -0.4 is 11.1 Å². The lowest BCUT2D eigenvalue weighted by Crippen LogP contribution is -2.54. The van der Waals surface area contributed by atoms with Gasteiger partial charge in [-0.05, 0) is 43.2 Å². The van der Waals surface area contributed by atoms with Crippen LogP contribution in [0.2, 0.25) is 0 Å². The van der Waals surface area contributed by atoms with E-state index in [0.717, 1.165) is 16.9 Å². The van der Waals surface area contributed by atoms with Crippen molar-refractivity contribution in [3.05, 3.63) is 42.2 Å². The Hall–Kier alpha value is -2.10. The van der Waals surface area contributed by atoms with Crippen LogP contribution in [0.4, 0.5) is 18.9 Å². The smallest absolute Gasteiger partial charge is 0.381 e. The molecule has 0 bridgehead atoms. The Kier molecular flexibility index (Phi) is 5.94. The summed E-state index contributed by atoms with van der Waals surface area (Å²) >= 11 is 0. The summed E-state index contributed by atoms with van der Waals surface area (Å²) in [5.41, 5.74) is 4.92. The summed E-state index contributed by atoms with van der Waals surface area (Å²) in [5.74, 6) is -0.335. The molecule has 0 atom stereocenters. The topological polar surface area (TPSA) is 82.2 Å². The maximum atomic E-state index is 12.9. The Balaban J connectivity index is 0.00000243. The van der Waals surface area contributed by atoms with Gasteiger partial charge in [0.1, 0.15) is 11.2 Å². The Morgan fingerprint density at radius 2 is 1.81 bits per heavy atom. The second-order valence-corrected chi connectivity index (χ2v) is 5.90. The van der Waals surface area contributed by atoms with Gasteiger partial charge in [0.2, 0.25) is 5.91 Å². The Bertz CT molecular complexity index is 756. The van der Waals surface area contributed by atoms with Crippen LogP contribution in [-0.2, 0) is 15.7 Å². The molecule has 142 valence electrons. The van der Waals surface area contributed by atoms with Crippen molar-refractivity contribution in [2.45, 2.75) is 24.6 Å². The van der Waals surface area contributed by atoms with E-state index in [4.69, 9.17) is 10.5 Å². The molecule has 2 heterocycles. The monoisotopic (exact) mass is 390 g/mol. The number of benzene rings is 1. The SMILES string of the molecule is Cl.NC1(C(=O)Nc2ccc(-n3nccc3C(F)(F)F)cc2)CCOCC1. The largest absolute Gasteiger partial charge is 0.433 e. The van der Waals surface area contributed by atoms with Gasteiger partial charge in [-0.1, -0.05) is 0 Å². The van der Waals surface area contributed by atoms with Crippen molar-refractivity contribution < 1.29 is 22.7 Å². The number of rotatable bonds is 3. The molecule has 2 aromatic rings. The molecule has 3 rings (SSSR count). The molecule has 6 nitrogen and oxygen atoms in total. The highest BCUT2D eigenvalue weighted by Gasteiger charge is 2.36. The third-order valence-corrected chi connectivity index (χ3v) is 4.14. The minimum Gasteiger partial charge on any atom is -0.381 e. The number of nitrogens with two attached hydrogens (primary N) is 1. The van der Waals surface area contributed by atoms with E-state index in [1.54, 1.807) is 0 Å². The van der Waals surface area contributed by atoms with Crippen LogP contribution in [0.15, 0.2) is 36.5 Å². The summed E-state index contributed by atoms with van der Waals surface area (Å²) in [6.07, 6.45) is -2.58. The number of nitrogens with zero attached hydrogens (tertiary/aromatic N) is 2. The average Bonchev–Trinajstić information content (AvgIpc) is 3.06. The summed E-state index contributed by atoms with van der Waals surface area (Å²) in [4.78, 5) is 12.3. The molecular weight excluding hydrogens is 373 g/mol. The number of halogens is 4. The van der Waals surface area contributed by atoms with Crippen LogP contribution in [0, 0.1) is 0 Å². The maximum Gasteiger partial charge on any atom is 0.433 e. The number of ether oxygens (including phenoxy) is 1. The summed E-state index contributed by atoms with van der Waals surface area (Å²) in [6, 6.07) is 6.82. The van der Waals surface area contributed by atoms with Crippen molar-refractivity contribution in [1.29, 1.82) is 0 Å². The third-order valence-electron chi connectivity index (χ3n) is 4.14. The van der Waals surface area contributed by atoms with E-state index in [-0.39, 0.29) is 24.0 Å². The molecule has 10 heteroatoms. The number of amides is 1. The van der Waals surface area contributed by atoms with E-state index in [1.807, 2.05) is 0 Å². The van der Waals surface area contributed by atoms with Crippen molar-refractivity contribution in [3.63, 3.8) is 0 Å². The molecule has 1 aliphatic heterocycles. The first-order valence-corrected chi connectivity index (χ1v) is 7.69. The van der Waals surface area contributed by atoms with E-state index in [2.05, 4.69) is 10.4 Å². The maximum absolute atomic E-state index is 12.9. The number of alkyl halides is 3. The molecule has 1 fully saturated rings. The van der Waals surface area contributed by atoms with E-state index >= 15 is 0 Å². The van der Waals surface area contributed by atoms with Gasteiger partial charge in [0, 0.05) is 18.9 Å². The van der Waals surface area contributed by atoms with E-state index in [1.165, 1.54) is 24.3 Å². The second kappa shape index (κ2) is 7.65. The number of anilines is 1. The van der Waals surface area contributed by atoms with Crippen molar-refractivity contribution >= 4 is 24.0 Å². The van der Waals surface area contributed by atoms with Crippen LogP contribution in [-0.4, -0.2) is 34.4 Å². The van der Waals surface area contributed by atoms with Crippen LogP contribution in [0.5, 0.6) is 0 Å². The van der Waals surface area contributed by atoms with Gasteiger partial charge in [-0.15, -0.1) is 12.4 Å².